The molecular formula is C29H27ClN2O6S. The van der Waals surface area contributed by atoms with Gasteiger partial charge < -0.3 is 20.1 Å². The van der Waals surface area contributed by atoms with Crippen molar-refractivity contribution in [1.82, 2.24) is 10.2 Å². The van der Waals surface area contributed by atoms with Gasteiger partial charge in [0.05, 0.1) is 0 Å². The Kier molecular flexibility index (Phi) is 8.96. The topological polar surface area (TPSA) is 113 Å². The Morgan fingerprint density at radius 1 is 0.949 bits per heavy atom. The van der Waals surface area contributed by atoms with E-state index in [1.54, 1.807) is 30.3 Å². The number of aliphatic carboxylic acids is 1. The fourth-order valence-electron chi connectivity index (χ4n) is 4.55. The Morgan fingerprint density at radius 3 is 1.82 bits per heavy atom. The number of nitrogens with one attached hydrogen (secondary N) is 1. The third-order valence-electron chi connectivity index (χ3n) is 6.36. The summed E-state index contributed by atoms with van der Waals surface area (Å²) in [5.41, 5.74) is 2.32. The highest BCUT2D eigenvalue weighted by Crippen LogP contribution is 2.34. The number of halogens is 1. The minimum absolute atomic E-state index is 0.159. The number of likely N-dealkylation sites (tertiary alicyclic amines) is 1. The Hall–Kier alpha value is -3.79. The maximum Gasteiger partial charge on any atom is 0.330 e. The first-order chi connectivity index (χ1) is 18.7. The van der Waals surface area contributed by atoms with Crippen LogP contribution in [0.2, 0.25) is 0 Å². The summed E-state index contributed by atoms with van der Waals surface area (Å²) in [6.45, 7) is 5.07. The summed E-state index contributed by atoms with van der Waals surface area (Å²) in [4.78, 5) is 39.5. The van der Waals surface area contributed by atoms with Gasteiger partial charge in [0.25, 0.3) is 5.91 Å². The molecule has 0 saturated carbocycles. The molecule has 0 spiro atoms. The molecule has 5 unspecified atom stereocenters. The smallest absolute Gasteiger partial charge is 0.330 e. The lowest BCUT2D eigenvalue weighted by atomic mass is 9.98. The third kappa shape index (κ3) is 6.11. The van der Waals surface area contributed by atoms with Crippen LogP contribution < -0.4 is 5.32 Å². The lowest BCUT2D eigenvalue weighted by Crippen LogP contribution is -2.75. The first kappa shape index (κ1) is 28.2. The predicted molar refractivity (Wildman–Crippen MR) is 148 cm³/mol. The van der Waals surface area contributed by atoms with Gasteiger partial charge in [-0.2, -0.15) is 0 Å². The van der Waals surface area contributed by atoms with E-state index < -0.39 is 57.5 Å². The molecule has 2 N–H and O–H groups in total. The largest absolute Gasteiger partial charge is 0.479 e. The van der Waals surface area contributed by atoms with Crippen molar-refractivity contribution in [2.24, 2.45) is 0 Å². The normalized spacial score (nSPS) is 19.1. The molecule has 4 rings (SSSR count). The second kappa shape index (κ2) is 12.4. The molecule has 1 heterocycles. The van der Waals surface area contributed by atoms with Crippen LogP contribution in [0.4, 0.5) is 0 Å². The molecular weight excluding hydrogens is 540 g/mol. The monoisotopic (exact) mass is 566 g/mol. The summed E-state index contributed by atoms with van der Waals surface area (Å²) in [5, 5.41) is 11.0. The van der Waals surface area contributed by atoms with Crippen molar-refractivity contribution in [3.05, 3.63) is 120 Å². The SMILES string of the molecule is C=C(C)C(C(=O)O)N1C(=O)C(NC(=O)C(OC(c2ccccc2)c2ccccc2)c2ccccc2)C1S(=O)Cl. The van der Waals surface area contributed by atoms with E-state index in [0.29, 0.717) is 5.56 Å². The Morgan fingerprint density at radius 2 is 1.41 bits per heavy atom. The van der Waals surface area contributed by atoms with Crippen LogP contribution in [0.15, 0.2) is 103 Å². The van der Waals surface area contributed by atoms with Gasteiger partial charge in [-0.3, -0.25) is 9.59 Å². The van der Waals surface area contributed by atoms with Gasteiger partial charge in [0.1, 0.15) is 22.2 Å². The van der Waals surface area contributed by atoms with Crippen LogP contribution in [0.5, 0.6) is 0 Å². The number of carbonyl (C=O) groups excluding carboxylic acids is 2. The number of benzene rings is 3. The van der Waals surface area contributed by atoms with Gasteiger partial charge in [-0.15, -0.1) is 0 Å². The second-order valence-corrected chi connectivity index (χ2v) is 11.0. The van der Waals surface area contributed by atoms with E-state index >= 15 is 0 Å². The zero-order chi connectivity index (χ0) is 28.1. The van der Waals surface area contributed by atoms with Gasteiger partial charge >= 0.3 is 5.97 Å². The number of hydrogen-bond acceptors (Lipinski definition) is 5. The molecule has 3 aromatic rings. The van der Waals surface area contributed by atoms with Crippen LogP contribution in [-0.2, 0) is 29.1 Å². The first-order valence-corrected chi connectivity index (χ1v) is 14.1. The van der Waals surface area contributed by atoms with Crippen molar-refractivity contribution in [3.8, 4) is 0 Å². The fourth-order valence-corrected chi connectivity index (χ4v) is 5.92. The van der Waals surface area contributed by atoms with Crippen LogP contribution in [0, 0.1) is 0 Å². The summed E-state index contributed by atoms with van der Waals surface area (Å²) >= 11 is 0. The molecule has 39 heavy (non-hydrogen) atoms. The molecule has 1 aliphatic heterocycles. The molecule has 5 atom stereocenters. The zero-order valence-corrected chi connectivity index (χ0v) is 22.5. The molecule has 0 aliphatic carbocycles. The minimum atomic E-state index is -2.18. The van der Waals surface area contributed by atoms with E-state index in [1.165, 1.54) is 6.92 Å². The Balaban J connectivity index is 1.66. The molecule has 2 amide bonds. The maximum absolute atomic E-state index is 13.7. The third-order valence-corrected chi connectivity index (χ3v) is 7.79. The fraction of sp³-hybridized carbons (Fsp3) is 0.207. The van der Waals surface area contributed by atoms with Crippen LogP contribution in [0.3, 0.4) is 0 Å². The van der Waals surface area contributed by atoms with Crippen molar-refractivity contribution < 1.29 is 28.4 Å². The van der Waals surface area contributed by atoms with E-state index in [0.717, 1.165) is 16.0 Å². The standard InChI is InChI=1S/C29H27ClN2O6S/c1-18(2)23(29(35)36)32-27(34)22(28(32)39(30)37)31-26(33)25(21-16-10-5-11-17-21)38-24(19-12-6-3-7-13-19)20-14-8-4-9-15-20/h3-17,22-25,28H,1H2,2H3,(H,31,33)(H,35,36). The summed E-state index contributed by atoms with van der Waals surface area (Å²) in [7, 11) is 3.70. The molecule has 10 heteroatoms. The summed E-state index contributed by atoms with van der Waals surface area (Å²) in [5.74, 6) is -2.73. The highest BCUT2D eigenvalue weighted by atomic mass is 35.7. The van der Waals surface area contributed by atoms with Gasteiger partial charge in [-0.1, -0.05) is 97.6 Å². The number of ether oxygens (including phenoxy) is 1. The number of amides is 2. The van der Waals surface area contributed by atoms with Crippen LogP contribution in [-0.4, -0.2) is 49.5 Å². The highest BCUT2D eigenvalue weighted by Gasteiger charge is 2.56. The van der Waals surface area contributed by atoms with Crippen LogP contribution in [0.25, 0.3) is 0 Å². The van der Waals surface area contributed by atoms with Crippen LogP contribution in [0.1, 0.15) is 35.8 Å². The minimum Gasteiger partial charge on any atom is -0.479 e. The average molecular weight is 567 g/mol. The van der Waals surface area contributed by atoms with Crippen molar-refractivity contribution in [2.75, 3.05) is 0 Å². The van der Waals surface area contributed by atoms with Crippen molar-refractivity contribution in [1.29, 1.82) is 0 Å². The molecule has 202 valence electrons. The molecule has 1 saturated heterocycles. The number of hydrogen-bond donors (Lipinski definition) is 2. The Labute approximate surface area is 233 Å². The lowest BCUT2D eigenvalue weighted by molar-refractivity contribution is -0.161. The molecule has 0 radical (unpaired) electrons. The van der Waals surface area contributed by atoms with Gasteiger partial charge in [0.2, 0.25) is 5.91 Å². The van der Waals surface area contributed by atoms with Crippen molar-refractivity contribution in [3.63, 3.8) is 0 Å². The van der Waals surface area contributed by atoms with Gasteiger partial charge in [0.15, 0.2) is 17.5 Å². The van der Waals surface area contributed by atoms with Crippen LogP contribution >= 0.6 is 10.7 Å². The molecule has 0 bridgehead atoms. The van der Waals surface area contributed by atoms with Gasteiger partial charge in [-0.05, 0) is 39.9 Å². The first-order valence-electron chi connectivity index (χ1n) is 12.1. The van der Waals surface area contributed by atoms with Crippen molar-refractivity contribution in [2.45, 2.75) is 36.6 Å². The summed E-state index contributed by atoms with van der Waals surface area (Å²) in [6, 6.07) is 24.8. The molecule has 3 aromatic carbocycles. The summed E-state index contributed by atoms with van der Waals surface area (Å²) < 4.78 is 18.9. The van der Waals surface area contributed by atoms with E-state index in [9.17, 15) is 23.7 Å². The highest BCUT2D eigenvalue weighted by molar-refractivity contribution is 8.08. The number of rotatable bonds is 11. The number of nitrogens with zero attached hydrogens (tertiary/aromatic N) is 1. The second-order valence-electron chi connectivity index (χ2n) is 9.09. The lowest BCUT2D eigenvalue weighted by Gasteiger charge is -2.48. The quantitative estimate of drug-likeness (QED) is 0.205. The molecule has 1 aliphatic rings. The number of β-lactam (4-membered cyclic amide) rings is 1. The number of carboxylic acid groups (broad SMARTS) is 1. The van der Waals surface area contributed by atoms with E-state index in [-0.39, 0.29) is 5.57 Å². The van der Waals surface area contributed by atoms with Gasteiger partial charge in [0, 0.05) is 0 Å². The average Bonchev–Trinajstić information content (AvgIpc) is 2.93. The summed E-state index contributed by atoms with van der Waals surface area (Å²) in [6.07, 6.45) is -1.80. The zero-order valence-electron chi connectivity index (χ0n) is 21.0. The van der Waals surface area contributed by atoms with Crippen molar-refractivity contribution >= 4 is 38.5 Å². The maximum atomic E-state index is 13.7. The molecule has 0 aromatic heterocycles. The number of carboxylic acids is 1. The molecule has 1 fully saturated rings. The van der Waals surface area contributed by atoms with E-state index in [1.807, 2.05) is 60.7 Å². The number of carbonyl (C=O) groups is 3. The molecule has 8 nitrogen and oxygen atoms in total. The van der Waals surface area contributed by atoms with E-state index in [4.69, 9.17) is 15.4 Å². The van der Waals surface area contributed by atoms with E-state index in [2.05, 4.69) is 11.9 Å². The Bertz CT molecular complexity index is 1320. The predicted octanol–water partition coefficient (Wildman–Crippen LogP) is 4.12. The van der Waals surface area contributed by atoms with Gasteiger partial charge in [-0.25, -0.2) is 9.00 Å².